The molecule has 0 spiro atoms. The van der Waals surface area contributed by atoms with Crippen molar-refractivity contribution in [2.45, 2.75) is 32.6 Å². The fraction of sp³-hybridized carbons (Fsp3) is 0.538. The lowest BCUT2D eigenvalue weighted by molar-refractivity contribution is -0.0519. The third-order valence-electron chi connectivity index (χ3n) is 2.65. The van der Waals surface area contributed by atoms with Crippen LogP contribution in [-0.4, -0.2) is 31.5 Å². The maximum absolute atomic E-state index is 12.4. The van der Waals surface area contributed by atoms with Crippen LogP contribution in [0.25, 0.3) is 0 Å². The Labute approximate surface area is 111 Å². The van der Waals surface area contributed by atoms with Crippen molar-refractivity contribution < 1.29 is 23.4 Å². The number of aliphatic hydroxyl groups is 1. The van der Waals surface area contributed by atoms with Gasteiger partial charge in [-0.1, -0.05) is 19.1 Å². The van der Waals surface area contributed by atoms with Crippen LogP contribution < -0.4 is 14.8 Å². The minimum Gasteiger partial charge on any atom is -0.493 e. The number of hydrogen-bond acceptors (Lipinski definition) is 4. The first kappa shape index (κ1) is 15.7. The molecule has 1 aromatic rings. The Morgan fingerprint density at radius 3 is 2.68 bits per heavy atom. The maximum atomic E-state index is 12.4. The maximum Gasteiger partial charge on any atom is 0.387 e. The minimum absolute atomic E-state index is 0.0264. The highest BCUT2D eigenvalue weighted by molar-refractivity contribution is 5.46. The molecular weight excluding hydrogens is 256 g/mol. The van der Waals surface area contributed by atoms with E-state index in [0.29, 0.717) is 25.1 Å². The molecular formula is C13H19F2NO3. The summed E-state index contributed by atoms with van der Waals surface area (Å²) >= 11 is 0. The van der Waals surface area contributed by atoms with Gasteiger partial charge in [-0.3, -0.25) is 0 Å². The Balaban J connectivity index is 2.75. The van der Waals surface area contributed by atoms with Crippen LogP contribution in [-0.2, 0) is 6.54 Å². The number of ether oxygens (including phenoxy) is 2. The van der Waals surface area contributed by atoms with Gasteiger partial charge in [-0.05, 0) is 12.5 Å². The van der Waals surface area contributed by atoms with Crippen molar-refractivity contribution in [3.05, 3.63) is 23.8 Å². The van der Waals surface area contributed by atoms with Crippen LogP contribution in [0.2, 0.25) is 0 Å². The first-order valence-electron chi connectivity index (χ1n) is 6.08. The molecule has 108 valence electrons. The molecule has 4 nitrogen and oxygen atoms in total. The second-order valence-electron chi connectivity index (χ2n) is 4.02. The van der Waals surface area contributed by atoms with E-state index in [1.807, 2.05) is 6.92 Å². The van der Waals surface area contributed by atoms with Gasteiger partial charge in [0.15, 0.2) is 11.5 Å². The van der Waals surface area contributed by atoms with Crippen LogP contribution in [0.15, 0.2) is 18.2 Å². The molecule has 2 N–H and O–H groups in total. The summed E-state index contributed by atoms with van der Waals surface area (Å²) in [6.07, 6.45) is 0.177. The Kier molecular flexibility index (Phi) is 6.52. The van der Waals surface area contributed by atoms with Crippen LogP contribution >= 0.6 is 0 Å². The molecule has 0 saturated heterocycles. The van der Waals surface area contributed by atoms with Gasteiger partial charge in [-0.2, -0.15) is 8.78 Å². The van der Waals surface area contributed by atoms with Gasteiger partial charge in [0.05, 0.1) is 13.2 Å². The predicted molar refractivity (Wildman–Crippen MR) is 67.6 cm³/mol. The summed E-state index contributed by atoms with van der Waals surface area (Å²) in [6, 6.07) is 4.93. The lowest BCUT2D eigenvalue weighted by Gasteiger charge is -2.15. The molecule has 1 unspecified atom stereocenters. The third-order valence-corrected chi connectivity index (χ3v) is 2.65. The van der Waals surface area contributed by atoms with Gasteiger partial charge < -0.3 is 19.9 Å². The van der Waals surface area contributed by atoms with E-state index < -0.39 is 12.7 Å². The second kappa shape index (κ2) is 7.91. The van der Waals surface area contributed by atoms with Crippen molar-refractivity contribution in [3.8, 4) is 11.5 Å². The molecule has 0 aromatic heterocycles. The number of alkyl halides is 2. The number of hydrogen-bond donors (Lipinski definition) is 2. The summed E-state index contributed by atoms with van der Waals surface area (Å²) in [5, 5.41) is 12.4. The minimum atomic E-state index is -2.91. The number of halogens is 2. The highest BCUT2D eigenvalue weighted by Gasteiger charge is 2.15. The molecule has 1 aromatic carbocycles. The van der Waals surface area contributed by atoms with Gasteiger partial charge in [0.25, 0.3) is 0 Å². The van der Waals surface area contributed by atoms with E-state index in [1.165, 1.54) is 7.11 Å². The lowest BCUT2D eigenvalue weighted by atomic mass is 10.1. The third kappa shape index (κ3) is 5.00. The van der Waals surface area contributed by atoms with Gasteiger partial charge in [0, 0.05) is 18.7 Å². The van der Waals surface area contributed by atoms with Gasteiger partial charge >= 0.3 is 6.61 Å². The van der Waals surface area contributed by atoms with E-state index in [4.69, 9.17) is 4.74 Å². The van der Waals surface area contributed by atoms with Crippen molar-refractivity contribution in [2.75, 3.05) is 13.7 Å². The number of aliphatic hydroxyl groups excluding tert-OH is 1. The van der Waals surface area contributed by atoms with E-state index in [-0.39, 0.29) is 11.5 Å². The standard InChI is InChI=1S/C13H19F2NO3/c1-3-10(17)8-16-7-9-5-4-6-11(18-2)12(9)19-13(14)15/h4-6,10,13,16-17H,3,7-8H2,1-2H3. The summed E-state index contributed by atoms with van der Waals surface area (Å²) in [6.45, 7) is -0.335. The van der Waals surface area contributed by atoms with Crippen molar-refractivity contribution in [3.63, 3.8) is 0 Å². The van der Waals surface area contributed by atoms with Crippen molar-refractivity contribution in [1.82, 2.24) is 5.32 Å². The molecule has 0 aliphatic carbocycles. The largest absolute Gasteiger partial charge is 0.493 e. The van der Waals surface area contributed by atoms with Gasteiger partial charge in [-0.15, -0.1) is 0 Å². The first-order chi connectivity index (χ1) is 9.08. The highest BCUT2D eigenvalue weighted by Crippen LogP contribution is 2.32. The number of rotatable bonds is 8. The van der Waals surface area contributed by atoms with E-state index >= 15 is 0 Å². The molecule has 0 heterocycles. The second-order valence-corrected chi connectivity index (χ2v) is 4.02. The fourth-order valence-corrected chi connectivity index (χ4v) is 1.60. The zero-order valence-corrected chi connectivity index (χ0v) is 11.0. The molecule has 0 saturated carbocycles. The molecule has 19 heavy (non-hydrogen) atoms. The van der Waals surface area contributed by atoms with Gasteiger partial charge in [0.1, 0.15) is 0 Å². The van der Waals surface area contributed by atoms with Crippen LogP contribution in [0.1, 0.15) is 18.9 Å². The molecule has 0 aliphatic rings. The molecule has 0 amide bonds. The predicted octanol–water partition coefficient (Wildman–Crippen LogP) is 2.16. The average molecular weight is 275 g/mol. The number of nitrogens with one attached hydrogen (secondary N) is 1. The molecule has 1 rings (SSSR count). The smallest absolute Gasteiger partial charge is 0.387 e. The Morgan fingerprint density at radius 2 is 2.11 bits per heavy atom. The van der Waals surface area contributed by atoms with E-state index in [2.05, 4.69) is 10.1 Å². The number of benzene rings is 1. The van der Waals surface area contributed by atoms with E-state index in [9.17, 15) is 13.9 Å². The molecule has 6 heteroatoms. The molecule has 0 bridgehead atoms. The fourth-order valence-electron chi connectivity index (χ4n) is 1.60. The number of para-hydroxylation sites is 1. The SMILES string of the molecule is CCC(O)CNCc1cccc(OC)c1OC(F)F. The Hall–Kier alpha value is -1.40. The Morgan fingerprint density at radius 1 is 1.37 bits per heavy atom. The van der Waals surface area contributed by atoms with E-state index in [0.717, 1.165) is 0 Å². The monoisotopic (exact) mass is 275 g/mol. The summed E-state index contributed by atoms with van der Waals surface area (Å²) in [5.74, 6) is 0.286. The zero-order valence-electron chi connectivity index (χ0n) is 11.0. The van der Waals surface area contributed by atoms with Crippen LogP contribution in [0.3, 0.4) is 0 Å². The van der Waals surface area contributed by atoms with Crippen molar-refractivity contribution >= 4 is 0 Å². The van der Waals surface area contributed by atoms with Crippen molar-refractivity contribution in [2.24, 2.45) is 0 Å². The van der Waals surface area contributed by atoms with Crippen LogP contribution in [0.4, 0.5) is 8.78 Å². The number of methoxy groups -OCH3 is 1. The first-order valence-corrected chi connectivity index (χ1v) is 6.08. The normalized spacial score (nSPS) is 12.5. The Bertz CT molecular complexity index is 388. The van der Waals surface area contributed by atoms with Crippen molar-refractivity contribution in [1.29, 1.82) is 0 Å². The summed E-state index contributed by atoms with van der Waals surface area (Å²) in [5.41, 5.74) is 0.558. The molecule has 0 fully saturated rings. The van der Waals surface area contributed by atoms with Gasteiger partial charge in [0.2, 0.25) is 0 Å². The lowest BCUT2D eigenvalue weighted by Crippen LogP contribution is -2.26. The average Bonchev–Trinajstić information content (AvgIpc) is 2.39. The summed E-state index contributed by atoms with van der Waals surface area (Å²) < 4.78 is 34.3. The molecule has 0 radical (unpaired) electrons. The summed E-state index contributed by atoms with van der Waals surface area (Å²) in [7, 11) is 1.39. The van der Waals surface area contributed by atoms with Crippen LogP contribution in [0.5, 0.6) is 11.5 Å². The topological polar surface area (TPSA) is 50.7 Å². The molecule has 1 atom stereocenters. The zero-order chi connectivity index (χ0) is 14.3. The van der Waals surface area contributed by atoms with Gasteiger partial charge in [-0.25, -0.2) is 0 Å². The highest BCUT2D eigenvalue weighted by atomic mass is 19.3. The molecule has 0 aliphatic heterocycles. The van der Waals surface area contributed by atoms with Crippen LogP contribution in [0, 0.1) is 0 Å². The van der Waals surface area contributed by atoms with E-state index in [1.54, 1.807) is 18.2 Å². The summed E-state index contributed by atoms with van der Waals surface area (Å²) in [4.78, 5) is 0. The quantitative estimate of drug-likeness (QED) is 0.763.